The van der Waals surface area contributed by atoms with Crippen LogP contribution >= 0.6 is 22.9 Å². The first kappa shape index (κ1) is 18.4. The first-order valence-corrected chi connectivity index (χ1v) is 9.72. The van der Waals surface area contributed by atoms with Crippen LogP contribution in [0, 0.1) is 0 Å². The Labute approximate surface area is 169 Å². The van der Waals surface area contributed by atoms with Crippen LogP contribution in [0.3, 0.4) is 0 Å². The molecular formula is C21H15ClN2O3S. The molecule has 0 aliphatic rings. The largest absolute Gasteiger partial charge is 0.465 e. The van der Waals surface area contributed by atoms with E-state index in [0.29, 0.717) is 27.3 Å². The number of carbonyl (C=O) groups excluding carboxylic acids is 1. The Balaban J connectivity index is 1.71. The van der Waals surface area contributed by atoms with E-state index in [1.54, 1.807) is 47.3 Å². The van der Waals surface area contributed by atoms with Crippen molar-refractivity contribution in [1.29, 1.82) is 0 Å². The summed E-state index contributed by atoms with van der Waals surface area (Å²) in [5, 5.41) is 3.19. The van der Waals surface area contributed by atoms with Crippen molar-refractivity contribution < 1.29 is 9.53 Å². The Morgan fingerprint density at radius 3 is 2.54 bits per heavy atom. The fourth-order valence-electron chi connectivity index (χ4n) is 2.98. The predicted octanol–water partition coefficient (Wildman–Crippen LogP) is 4.61. The van der Waals surface area contributed by atoms with Crippen molar-refractivity contribution in [1.82, 2.24) is 9.55 Å². The summed E-state index contributed by atoms with van der Waals surface area (Å²) >= 11 is 7.41. The quantitative estimate of drug-likeness (QED) is 0.461. The summed E-state index contributed by atoms with van der Waals surface area (Å²) in [6.07, 6.45) is 1.56. The fraction of sp³-hybridized carbons (Fsp3) is 0.0952. The van der Waals surface area contributed by atoms with Crippen molar-refractivity contribution in [2.75, 3.05) is 7.11 Å². The SMILES string of the molecule is COC(=O)c1ccc(Cn2cnc3scc(-c4ccc(Cl)cc4)c3c2=O)cc1. The molecule has 0 spiro atoms. The lowest BCUT2D eigenvalue weighted by atomic mass is 10.1. The zero-order valence-electron chi connectivity index (χ0n) is 14.9. The molecule has 0 N–H and O–H groups in total. The average Bonchev–Trinajstić information content (AvgIpc) is 3.15. The summed E-state index contributed by atoms with van der Waals surface area (Å²) < 4.78 is 6.28. The Morgan fingerprint density at radius 2 is 1.86 bits per heavy atom. The normalized spacial score (nSPS) is 10.9. The zero-order valence-corrected chi connectivity index (χ0v) is 16.5. The number of fused-ring (bicyclic) bond motifs is 1. The second-order valence-corrected chi connectivity index (χ2v) is 7.50. The molecule has 0 saturated heterocycles. The topological polar surface area (TPSA) is 61.2 Å². The van der Waals surface area contributed by atoms with E-state index in [2.05, 4.69) is 4.98 Å². The number of methoxy groups -OCH3 is 1. The maximum Gasteiger partial charge on any atom is 0.337 e. The Hall–Kier alpha value is -2.96. The highest BCUT2D eigenvalue weighted by Crippen LogP contribution is 2.31. The van der Waals surface area contributed by atoms with Crippen LogP contribution in [0.2, 0.25) is 5.02 Å². The minimum atomic E-state index is -0.391. The third kappa shape index (κ3) is 3.44. The van der Waals surface area contributed by atoms with E-state index < -0.39 is 5.97 Å². The Kier molecular flexibility index (Phi) is 4.98. The molecule has 0 radical (unpaired) electrons. The van der Waals surface area contributed by atoms with E-state index in [4.69, 9.17) is 16.3 Å². The maximum absolute atomic E-state index is 13.1. The van der Waals surface area contributed by atoms with Crippen molar-refractivity contribution in [3.05, 3.63) is 86.7 Å². The minimum absolute atomic E-state index is 0.103. The van der Waals surface area contributed by atoms with Gasteiger partial charge in [0, 0.05) is 16.0 Å². The molecule has 0 aliphatic carbocycles. The van der Waals surface area contributed by atoms with Gasteiger partial charge in [-0.25, -0.2) is 9.78 Å². The van der Waals surface area contributed by atoms with Crippen LogP contribution in [-0.2, 0) is 11.3 Å². The number of aromatic nitrogens is 2. The number of thiophene rings is 1. The second kappa shape index (κ2) is 7.58. The molecule has 0 saturated carbocycles. The van der Waals surface area contributed by atoms with E-state index in [-0.39, 0.29) is 5.56 Å². The Morgan fingerprint density at radius 1 is 1.14 bits per heavy atom. The predicted molar refractivity (Wildman–Crippen MR) is 111 cm³/mol. The van der Waals surface area contributed by atoms with Gasteiger partial charge >= 0.3 is 5.97 Å². The molecule has 7 heteroatoms. The summed E-state index contributed by atoms with van der Waals surface area (Å²) in [5.41, 5.74) is 3.03. The maximum atomic E-state index is 13.1. The Bertz CT molecular complexity index is 1210. The van der Waals surface area contributed by atoms with Gasteiger partial charge < -0.3 is 4.74 Å². The molecule has 4 aromatic rings. The minimum Gasteiger partial charge on any atom is -0.465 e. The molecular weight excluding hydrogens is 396 g/mol. The fourth-order valence-corrected chi connectivity index (χ4v) is 4.02. The molecule has 28 heavy (non-hydrogen) atoms. The lowest BCUT2D eigenvalue weighted by Crippen LogP contribution is -2.21. The second-order valence-electron chi connectivity index (χ2n) is 6.20. The van der Waals surface area contributed by atoms with Gasteiger partial charge in [0.15, 0.2) is 0 Å². The molecule has 140 valence electrons. The third-order valence-corrected chi connectivity index (χ3v) is 5.58. The van der Waals surface area contributed by atoms with Gasteiger partial charge in [0.1, 0.15) is 4.83 Å². The van der Waals surface area contributed by atoms with Gasteiger partial charge in [-0.15, -0.1) is 11.3 Å². The van der Waals surface area contributed by atoms with Crippen LogP contribution in [-0.4, -0.2) is 22.6 Å². The summed E-state index contributed by atoms with van der Waals surface area (Å²) in [5.74, 6) is -0.391. The average molecular weight is 411 g/mol. The summed E-state index contributed by atoms with van der Waals surface area (Å²) in [6.45, 7) is 0.360. The molecule has 2 aromatic carbocycles. The van der Waals surface area contributed by atoms with Gasteiger partial charge in [0.25, 0.3) is 5.56 Å². The monoisotopic (exact) mass is 410 g/mol. The molecule has 0 aliphatic heterocycles. The van der Waals surface area contributed by atoms with Gasteiger partial charge in [-0.2, -0.15) is 0 Å². The number of carbonyl (C=O) groups is 1. The van der Waals surface area contributed by atoms with Crippen LogP contribution in [0.15, 0.2) is 65.0 Å². The van der Waals surface area contributed by atoms with Gasteiger partial charge in [0.2, 0.25) is 0 Å². The number of benzene rings is 2. The van der Waals surface area contributed by atoms with E-state index in [0.717, 1.165) is 16.7 Å². The van der Waals surface area contributed by atoms with Gasteiger partial charge in [-0.1, -0.05) is 35.9 Å². The molecule has 4 rings (SSSR count). The van der Waals surface area contributed by atoms with Crippen LogP contribution in [0.5, 0.6) is 0 Å². The van der Waals surface area contributed by atoms with Crippen molar-refractivity contribution in [3.8, 4) is 11.1 Å². The highest BCUT2D eigenvalue weighted by molar-refractivity contribution is 7.17. The van der Waals surface area contributed by atoms with Crippen molar-refractivity contribution in [2.24, 2.45) is 0 Å². The van der Waals surface area contributed by atoms with E-state index in [9.17, 15) is 9.59 Å². The van der Waals surface area contributed by atoms with Gasteiger partial charge in [-0.05, 0) is 35.4 Å². The first-order chi connectivity index (χ1) is 13.6. The van der Waals surface area contributed by atoms with Gasteiger partial charge in [0.05, 0.1) is 30.9 Å². The number of ether oxygens (including phenoxy) is 1. The number of rotatable bonds is 4. The highest BCUT2D eigenvalue weighted by atomic mass is 35.5. The van der Waals surface area contributed by atoms with E-state index in [1.807, 2.05) is 17.5 Å². The molecule has 0 fully saturated rings. The lowest BCUT2D eigenvalue weighted by molar-refractivity contribution is 0.0600. The molecule has 0 bridgehead atoms. The molecule has 2 heterocycles. The molecule has 0 amide bonds. The van der Waals surface area contributed by atoms with Crippen LogP contribution in [0.1, 0.15) is 15.9 Å². The van der Waals surface area contributed by atoms with Gasteiger partial charge in [-0.3, -0.25) is 9.36 Å². The van der Waals surface area contributed by atoms with Crippen molar-refractivity contribution in [2.45, 2.75) is 6.54 Å². The smallest absolute Gasteiger partial charge is 0.337 e. The molecule has 5 nitrogen and oxygen atoms in total. The zero-order chi connectivity index (χ0) is 19.7. The van der Waals surface area contributed by atoms with Crippen molar-refractivity contribution in [3.63, 3.8) is 0 Å². The number of esters is 1. The third-order valence-electron chi connectivity index (χ3n) is 4.44. The number of hydrogen-bond acceptors (Lipinski definition) is 5. The van der Waals surface area contributed by atoms with Crippen LogP contribution < -0.4 is 5.56 Å². The van der Waals surface area contributed by atoms with Crippen molar-refractivity contribution >= 4 is 39.1 Å². The lowest BCUT2D eigenvalue weighted by Gasteiger charge is -2.07. The highest BCUT2D eigenvalue weighted by Gasteiger charge is 2.14. The van der Waals surface area contributed by atoms with Crippen LogP contribution in [0.4, 0.5) is 0 Å². The van der Waals surface area contributed by atoms with E-state index in [1.165, 1.54) is 18.4 Å². The number of nitrogens with zero attached hydrogens (tertiary/aromatic N) is 2. The first-order valence-electron chi connectivity index (χ1n) is 8.46. The molecule has 0 atom stereocenters. The summed E-state index contributed by atoms with van der Waals surface area (Å²) in [4.78, 5) is 29.8. The standard InChI is InChI=1S/C21H15ClN2O3S/c1-27-21(26)15-4-2-13(3-5-15)10-24-12-23-19-18(20(24)25)17(11-28-19)14-6-8-16(22)9-7-14/h2-9,11-12H,10H2,1H3. The number of hydrogen-bond donors (Lipinski definition) is 0. The van der Waals surface area contributed by atoms with E-state index >= 15 is 0 Å². The molecule has 2 aromatic heterocycles. The molecule has 0 unspecified atom stereocenters. The summed E-state index contributed by atoms with van der Waals surface area (Å²) in [6, 6.07) is 14.4. The van der Waals surface area contributed by atoms with Crippen LogP contribution in [0.25, 0.3) is 21.3 Å². The summed E-state index contributed by atoms with van der Waals surface area (Å²) in [7, 11) is 1.34. The number of halogens is 1.